The maximum Gasteiger partial charge on any atom is 0.296 e. The molecule has 1 aromatic carbocycles. The Morgan fingerprint density at radius 1 is 1.15 bits per heavy atom. The van der Waals surface area contributed by atoms with Gasteiger partial charge in [0.2, 0.25) is 0 Å². The summed E-state index contributed by atoms with van der Waals surface area (Å²) in [4.78, 5) is 28.0. The number of hydrogen-bond acceptors (Lipinski definition) is 5. The van der Waals surface area contributed by atoms with Crippen LogP contribution < -0.4 is 0 Å². The van der Waals surface area contributed by atoms with Gasteiger partial charge in [-0.1, -0.05) is 30.3 Å². The Morgan fingerprint density at radius 3 is 2.56 bits per heavy atom. The third-order valence-corrected chi connectivity index (χ3v) is 5.71. The molecule has 1 amide bonds. The van der Waals surface area contributed by atoms with Gasteiger partial charge in [-0.2, -0.15) is 0 Å². The molecule has 1 aliphatic rings. The van der Waals surface area contributed by atoms with E-state index in [0.717, 1.165) is 10.4 Å². The number of likely N-dealkylation sites (tertiary alicyclic amines) is 1. The van der Waals surface area contributed by atoms with Gasteiger partial charge in [0.05, 0.1) is 18.4 Å². The molecule has 2 aromatic heterocycles. The highest BCUT2D eigenvalue weighted by molar-refractivity contribution is 7.10. The topological polar surface area (TPSA) is 70.8 Å². The molecule has 0 spiro atoms. The molecule has 4 rings (SSSR count). The van der Waals surface area contributed by atoms with Crippen molar-refractivity contribution in [2.24, 2.45) is 0 Å². The molecule has 136 valence electrons. The zero-order valence-corrected chi connectivity index (χ0v) is 15.4. The van der Waals surface area contributed by atoms with Gasteiger partial charge in [0, 0.05) is 10.4 Å². The van der Waals surface area contributed by atoms with Gasteiger partial charge in [0.15, 0.2) is 0 Å². The van der Waals surface area contributed by atoms with Crippen LogP contribution in [0.1, 0.15) is 27.8 Å². The largest absolute Gasteiger partial charge is 0.507 e. The normalized spacial score (nSPS) is 19.0. The van der Waals surface area contributed by atoms with Gasteiger partial charge in [0.1, 0.15) is 17.6 Å². The Kier molecular flexibility index (Phi) is 4.41. The smallest absolute Gasteiger partial charge is 0.296 e. The van der Waals surface area contributed by atoms with Crippen LogP contribution in [-0.2, 0) is 16.1 Å². The Morgan fingerprint density at radius 2 is 1.93 bits per heavy atom. The molecular formula is C21H17NO4S. The maximum atomic E-state index is 12.8. The summed E-state index contributed by atoms with van der Waals surface area (Å²) in [6, 6.07) is 13.6. The van der Waals surface area contributed by atoms with Crippen molar-refractivity contribution in [3.63, 3.8) is 0 Å². The molecule has 0 aliphatic carbocycles. The zero-order valence-electron chi connectivity index (χ0n) is 14.6. The number of aryl methyl sites for hydroxylation is 1. The molecule has 3 heterocycles. The molecule has 3 aromatic rings. The molecule has 0 radical (unpaired) electrons. The number of aliphatic hydroxyl groups is 1. The van der Waals surface area contributed by atoms with E-state index in [1.54, 1.807) is 36.4 Å². The molecule has 5 nitrogen and oxygen atoms in total. The van der Waals surface area contributed by atoms with Gasteiger partial charge >= 0.3 is 0 Å². The van der Waals surface area contributed by atoms with Gasteiger partial charge in [-0.15, -0.1) is 11.3 Å². The molecule has 1 N–H and O–H groups in total. The Balaban J connectivity index is 1.88. The monoisotopic (exact) mass is 379 g/mol. The van der Waals surface area contributed by atoms with E-state index in [0.29, 0.717) is 11.3 Å². The molecule has 0 saturated carbocycles. The molecule has 1 fully saturated rings. The van der Waals surface area contributed by atoms with E-state index in [2.05, 4.69) is 0 Å². The number of aliphatic hydroxyl groups excluding tert-OH is 1. The standard InChI is InChI=1S/C21H17NO4S/c1-13-9-11-27-20(13)17-16(18(23)14-6-3-2-4-7-14)19(24)21(25)22(17)12-15-8-5-10-26-15/h2-11,17,23H,12H2,1H3/b18-16-. The lowest BCUT2D eigenvalue weighted by atomic mass is 9.98. The average molecular weight is 379 g/mol. The van der Waals surface area contributed by atoms with E-state index in [9.17, 15) is 14.7 Å². The SMILES string of the molecule is Cc1ccsc1C1/C(=C(/O)c2ccccc2)C(=O)C(=O)N1Cc1ccco1. The first kappa shape index (κ1) is 17.3. The van der Waals surface area contributed by atoms with E-state index in [-0.39, 0.29) is 17.9 Å². The maximum absolute atomic E-state index is 12.8. The Hall–Kier alpha value is -3.12. The molecule has 6 heteroatoms. The number of carbonyl (C=O) groups excluding carboxylic acids is 2. The quantitative estimate of drug-likeness (QED) is 0.417. The number of furan rings is 1. The minimum Gasteiger partial charge on any atom is -0.507 e. The second kappa shape index (κ2) is 6.89. The second-order valence-electron chi connectivity index (χ2n) is 6.34. The van der Waals surface area contributed by atoms with Crippen molar-refractivity contribution in [1.82, 2.24) is 4.90 Å². The van der Waals surface area contributed by atoms with Crippen molar-refractivity contribution < 1.29 is 19.1 Å². The first-order chi connectivity index (χ1) is 13.1. The summed E-state index contributed by atoms with van der Waals surface area (Å²) in [5, 5.41) is 12.8. The number of carbonyl (C=O) groups is 2. The number of amides is 1. The lowest BCUT2D eigenvalue weighted by Crippen LogP contribution is -2.28. The summed E-state index contributed by atoms with van der Waals surface area (Å²) >= 11 is 1.46. The van der Waals surface area contributed by atoms with Crippen molar-refractivity contribution >= 4 is 28.8 Å². The van der Waals surface area contributed by atoms with Crippen LogP contribution in [0.25, 0.3) is 5.76 Å². The number of rotatable bonds is 4. The van der Waals surface area contributed by atoms with E-state index >= 15 is 0 Å². The van der Waals surface area contributed by atoms with Crippen LogP contribution in [0.3, 0.4) is 0 Å². The van der Waals surface area contributed by atoms with Crippen LogP contribution >= 0.6 is 11.3 Å². The fourth-order valence-electron chi connectivity index (χ4n) is 3.30. The molecule has 1 aliphatic heterocycles. The van der Waals surface area contributed by atoms with Crippen LogP contribution in [0.5, 0.6) is 0 Å². The highest BCUT2D eigenvalue weighted by atomic mass is 32.1. The van der Waals surface area contributed by atoms with E-state index in [4.69, 9.17) is 4.42 Å². The molecule has 0 bridgehead atoms. The van der Waals surface area contributed by atoms with Gasteiger partial charge < -0.3 is 14.4 Å². The van der Waals surface area contributed by atoms with Crippen molar-refractivity contribution in [1.29, 1.82) is 0 Å². The summed E-state index contributed by atoms with van der Waals surface area (Å²) in [5.41, 5.74) is 1.59. The van der Waals surface area contributed by atoms with Crippen molar-refractivity contribution in [3.05, 3.63) is 87.5 Å². The highest BCUT2D eigenvalue weighted by Crippen LogP contribution is 2.43. The summed E-state index contributed by atoms with van der Waals surface area (Å²) in [6.45, 7) is 2.09. The number of Topliss-reactive ketones (excluding diaryl/α,β-unsaturated/α-hetero) is 1. The Bertz CT molecular complexity index is 1020. The first-order valence-electron chi connectivity index (χ1n) is 8.48. The predicted octanol–water partition coefficient (Wildman–Crippen LogP) is 4.27. The van der Waals surface area contributed by atoms with Gasteiger partial charge in [0.25, 0.3) is 11.7 Å². The van der Waals surface area contributed by atoms with E-state index < -0.39 is 17.7 Å². The van der Waals surface area contributed by atoms with Crippen molar-refractivity contribution in [2.75, 3.05) is 0 Å². The lowest BCUT2D eigenvalue weighted by Gasteiger charge is -2.24. The fourth-order valence-corrected chi connectivity index (χ4v) is 4.35. The fraction of sp³-hybridized carbons (Fsp3) is 0.143. The van der Waals surface area contributed by atoms with Gasteiger partial charge in [-0.25, -0.2) is 0 Å². The van der Waals surface area contributed by atoms with Crippen LogP contribution in [-0.4, -0.2) is 21.7 Å². The molecule has 1 atom stereocenters. The number of hydrogen-bond donors (Lipinski definition) is 1. The molecule has 1 unspecified atom stereocenters. The predicted molar refractivity (Wildman–Crippen MR) is 102 cm³/mol. The number of thiophene rings is 1. The van der Waals surface area contributed by atoms with E-state index in [1.807, 2.05) is 24.4 Å². The first-order valence-corrected chi connectivity index (χ1v) is 9.36. The van der Waals surface area contributed by atoms with Gasteiger partial charge in [-0.3, -0.25) is 9.59 Å². The number of nitrogens with zero attached hydrogens (tertiary/aromatic N) is 1. The lowest BCUT2D eigenvalue weighted by molar-refractivity contribution is -0.140. The van der Waals surface area contributed by atoms with Crippen LogP contribution in [0.2, 0.25) is 0 Å². The zero-order chi connectivity index (χ0) is 19.0. The van der Waals surface area contributed by atoms with Crippen LogP contribution in [0, 0.1) is 6.92 Å². The van der Waals surface area contributed by atoms with Gasteiger partial charge in [-0.05, 0) is 36.1 Å². The Labute approximate surface area is 160 Å². The minimum atomic E-state index is -0.680. The van der Waals surface area contributed by atoms with E-state index in [1.165, 1.54) is 22.5 Å². The molecule has 27 heavy (non-hydrogen) atoms. The molecule has 1 saturated heterocycles. The highest BCUT2D eigenvalue weighted by Gasteiger charge is 2.47. The average Bonchev–Trinajstić information content (AvgIpc) is 3.39. The van der Waals surface area contributed by atoms with Crippen LogP contribution in [0.4, 0.5) is 0 Å². The number of ketones is 1. The van der Waals surface area contributed by atoms with Crippen LogP contribution in [0.15, 0.2) is 70.2 Å². The second-order valence-corrected chi connectivity index (χ2v) is 7.29. The third kappa shape index (κ3) is 2.98. The summed E-state index contributed by atoms with van der Waals surface area (Å²) in [7, 11) is 0. The third-order valence-electron chi connectivity index (χ3n) is 4.64. The summed E-state index contributed by atoms with van der Waals surface area (Å²) in [6.07, 6.45) is 1.53. The minimum absolute atomic E-state index is 0.114. The summed E-state index contributed by atoms with van der Waals surface area (Å²) in [5.74, 6) is -0.896. The molecular weight excluding hydrogens is 362 g/mol. The van der Waals surface area contributed by atoms with Crippen molar-refractivity contribution in [2.45, 2.75) is 19.5 Å². The summed E-state index contributed by atoms with van der Waals surface area (Å²) < 4.78 is 5.37. The number of benzene rings is 1. The van der Waals surface area contributed by atoms with Crippen molar-refractivity contribution in [3.8, 4) is 0 Å².